The van der Waals surface area contributed by atoms with E-state index in [9.17, 15) is 4.79 Å². The first-order valence-corrected chi connectivity index (χ1v) is 8.22. The Kier molecular flexibility index (Phi) is 5.49. The summed E-state index contributed by atoms with van der Waals surface area (Å²) < 4.78 is 10.5. The molecule has 1 N–H and O–H groups in total. The molecule has 0 fully saturated rings. The van der Waals surface area contributed by atoms with Crippen LogP contribution in [0.1, 0.15) is 11.3 Å². The second kappa shape index (κ2) is 8.16. The third-order valence-electron chi connectivity index (χ3n) is 3.97. The number of para-hydroxylation sites is 1. The van der Waals surface area contributed by atoms with E-state index in [-0.39, 0.29) is 5.91 Å². The third-order valence-corrected chi connectivity index (χ3v) is 3.97. The molecule has 3 aromatic rings. The van der Waals surface area contributed by atoms with Crippen molar-refractivity contribution < 1.29 is 14.3 Å². The number of fused-ring (bicyclic) bond motifs is 1. The molecule has 5 nitrogen and oxygen atoms in total. The maximum Gasteiger partial charge on any atom is 0.244 e. The molecular weight excluding hydrogens is 328 g/mol. The number of nitrogens with one attached hydrogen (secondary N) is 1. The summed E-state index contributed by atoms with van der Waals surface area (Å²) in [5, 5.41) is 3.91. The highest BCUT2D eigenvalue weighted by atomic mass is 16.5. The van der Waals surface area contributed by atoms with Gasteiger partial charge in [0.15, 0.2) is 0 Å². The number of carbonyl (C=O) groups excluding carboxylic acids is 1. The average molecular weight is 348 g/mol. The monoisotopic (exact) mass is 348 g/mol. The van der Waals surface area contributed by atoms with E-state index in [0.29, 0.717) is 18.0 Å². The zero-order valence-electron chi connectivity index (χ0n) is 14.7. The molecule has 26 heavy (non-hydrogen) atoms. The number of carbonyl (C=O) groups is 1. The molecule has 0 atom stereocenters. The maximum atomic E-state index is 12.1. The van der Waals surface area contributed by atoms with E-state index in [2.05, 4.69) is 10.3 Å². The van der Waals surface area contributed by atoms with E-state index in [1.54, 1.807) is 26.4 Å². The van der Waals surface area contributed by atoms with E-state index in [0.717, 1.165) is 22.2 Å². The second-order valence-electron chi connectivity index (χ2n) is 5.66. The van der Waals surface area contributed by atoms with Crippen molar-refractivity contribution in [3.8, 4) is 11.5 Å². The fourth-order valence-electron chi connectivity index (χ4n) is 2.57. The van der Waals surface area contributed by atoms with E-state index in [1.165, 1.54) is 6.08 Å². The molecule has 0 saturated heterocycles. The van der Waals surface area contributed by atoms with E-state index >= 15 is 0 Å². The Bertz CT molecular complexity index is 951. The van der Waals surface area contributed by atoms with Crippen molar-refractivity contribution in [1.29, 1.82) is 0 Å². The summed E-state index contributed by atoms with van der Waals surface area (Å²) in [7, 11) is 3.19. The molecule has 3 rings (SSSR count). The molecule has 1 amide bonds. The van der Waals surface area contributed by atoms with Crippen LogP contribution in [0.2, 0.25) is 0 Å². The van der Waals surface area contributed by atoms with Crippen molar-refractivity contribution in [3.63, 3.8) is 0 Å². The molecule has 1 heterocycles. The first-order chi connectivity index (χ1) is 12.7. The minimum Gasteiger partial charge on any atom is -0.497 e. The highest BCUT2D eigenvalue weighted by Gasteiger charge is 2.06. The lowest BCUT2D eigenvalue weighted by atomic mass is 10.2. The van der Waals surface area contributed by atoms with Crippen LogP contribution in [0.5, 0.6) is 11.5 Å². The van der Waals surface area contributed by atoms with Crippen LogP contribution in [0.15, 0.2) is 60.7 Å². The Hall–Kier alpha value is -3.34. The molecular formula is C21H20N2O3. The van der Waals surface area contributed by atoms with Gasteiger partial charge in [0.2, 0.25) is 5.91 Å². The number of rotatable bonds is 6. The first kappa shape index (κ1) is 17.5. The van der Waals surface area contributed by atoms with Crippen LogP contribution >= 0.6 is 0 Å². The van der Waals surface area contributed by atoms with Crippen molar-refractivity contribution >= 4 is 22.9 Å². The van der Waals surface area contributed by atoms with Gasteiger partial charge >= 0.3 is 0 Å². The van der Waals surface area contributed by atoms with E-state index < -0.39 is 0 Å². The largest absolute Gasteiger partial charge is 0.497 e. The number of hydrogen-bond donors (Lipinski definition) is 1. The molecule has 1 aromatic heterocycles. The number of hydrogen-bond acceptors (Lipinski definition) is 4. The standard InChI is InChI=1S/C21H20N2O3/c1-25-18-11-8-16(20(13-18)26-2)14-22-21(24)12-10-17-9-7-15-5-3-4-6-19(15)23-17/h3-13H,14H2,1-2H3,(H,22,24). The van der Waals surface area contributed by atoms with Gasteiger partial charge in [-0.2, -0.15) is 0 Å². The highest BCUT2D eigenvalue weighted by molar-refractivity contribution is 5.91. The van der Waals surface area contributed by atoms with Gasteiger partial charge in [-0.1, -0.05) is 24.3 Å². The summed E-state index contributed by atoms with van der Waals surface area (Å²) in [6, 6.07) is 17.2. The Morgan fingerprint density at radius 1 is 1.08 bits per heavy atom. The van der Waals surface area contributed by atoms with Crippen LogP contribution in [-0.2, 0) is 11.3 Å². The van der Waals surface area contributed by atoms with Crippen LogP contribution in [0.25, 0.3) is 17.0 Å². The Balaban J connectivity index is 1.64. The number of nitrogens with zero attached hydrogens (tertiary/aromatic N) is 1. The quantitative estimate of drug-likeness (QED) is 0.692. The molecule has 0 saturated carbocycles. The average Bonchev–Trinajstić information content (AvgIpc) is 2.70. The molecule has 0 radical (unpaired) electrons. The van der Waals surface area contributed by atoms with Gasteiger partial charge in [-0.3, -0.25) is 4.79 Å². The summed E-state index contributed by atoms with van der Waals surface area (Å²) >= 11 is 0. The summed E-state index contributed by atoms with van der Waals surface area (Å²) in [6.07, 6.45) is 3.18. The molecule has 0 aliphatic carbocycles. The molecule has 132 valence electrons. The Labute approximate surface area is 152 Å². The first-order valence-electron chi connectivity index (χ1n) is 8.22. The van der Waals surface area contributed by atoms with Crippen molar-refractivity contribution in [3.05, 3.63) is 71.9 Å². The Morgan fingerprint density at radius 3 is 2.73 bits per heavy atom. The molecule has 0 aliphatic heterocycles. The lowest BCUT2D eigenvalue weighted by molar-refractivity contribution is -0.116. The summed E-state index contributed by atoms with van der Waals surface area (Å²) in [5.74, 6) is 1.18. The summed E-state index contributed by atoms with van der Waals surface area (Å²) in [6.45, 7) is 0.363. The fraction of sp³-hybridized carbons (Fsp3) is 0.143. The second-order valence-corrected chi connectivity index (χ2v) is 5.66. The number of methoxy groups -OCH3 is 2. The zero-order valence-corrected chi connectivity index (χ0v) is 14.7. The van der Waals surface area contributed by atoms with Crippen LogP contribution in [0.3, 0.4) is 0 Å². The lowest BCUT2D eigenvalue weighted by Crippen LogP contribution is -2.20. The molecule has 0 spiro atoms. The van der Waals surface area contributed by atoms with Crippen LogP contribution < -0.4 is 14.8 Å². The molecule has 0 aliphatic rings. The number of aromatic nitrogens is 1. The Morgan fingerprint density at radius 2 is 1.92 bits per heavy atom. The predicted octanol–water partition coefficient (Wildman–Crippen LogP) is 3.58. The van der Waals surface area contributed by atoms with Gasteiger partial charge in [0, 0.05) is 29.6 Å². The van der Waals surface area contributed by atoms with Crippen molar-refractivity contribution in [2.75, 3.05) is 14.2 Å². The predicted molar refractivity (Wildman–Crippen MR) is 102 cm³/mol. The van der Waals surface area contributed by atoms with Gasteiger partial charge in [-0.05, 0) is 30.3 Å². The van der Waals surface area contributed by atoms with Crippen LogP contribution in [0, 0.1) is 0 Å². The van der Waals surface area contributed by atoms with Crippen molar-refractivity contribution in [2.24, 2.45) is 0 Å². The molecule has 2 aromatic carbocycles. The smallest absolute Gasteiger partial charge is 0.244 e. The number of benzene rings is 2. The van der Waals surface area contributed by atoms with Crippen molar-refractivity contribution in [1.82, 2.24) is 10.3 Å². The fourth-order valence-corrected chi connectivity index (χ4v) is 2.57. The van der Waals surface area contributed by atoms with Crippen LogP contribution in [0.4, 0.5) is 0 Å². The van der Waals surface area contributed by atoms with Gasteiger partial charge in [0.1, 0.15) is 11.5 Å². The van der Waals surface area contributed by atoms with Gasteiger partial charge in [0.05, 0.1) is 25.4 Å². The number of amides is 1. The topological polar surface area (TPSA) is 60.5 Å². The van der Waals surface area contributed by atoms with E-state index in [1.807, 2.05) is 48.5 Å². The maximum absolute atomic E-state index is 12.1. The van der Waals surface area contributed by atoms with Crippen LogP contribution in [-0.4, -0.2) is 25.1 Å². The lowest BCUT2D eigenvalue weighted by Gasteiger charge is -2.10. The SMILES string of the molecule is COc1ccc(CNC(=O)C=Cc2ccc3ccccc3n2)c(OC)c1. The summed E-state index contributed by atoms with van der Waals surface area (Å²) in [5.41, 5.74) is 2.51. The third kappa shape index (κ3) is 4.19. The van der Waals surface area contributed by atoms with Gasteiger partial charge in [0.25, 0.3) is 0 Å². The zero-order chi connectivity index (χ0) is 18.4. The van der Waals surface area contributed by atoms with Gasteiger partial charge in [-0.25, -0.2) is 4.98 Å². The molecule has 0 bridgehead atoms. The van der Waals surface area contributed by atoms with Gasteiger partial charge in [-0.15, -0.1) is 0 Å². The number of pyridine rings is 1. The normalized spacial score (nSPS) is 10.8. The molecule has 5 heteroatoms. The van der Waals surface area contributed by atoms with E-state index in [4.69, 9.17) is 9.47 Å². The van der Waals surface area contributed by atoms with Gasteiger partial charge < -0.3 is 14.8 Å². The minimum absolute atomic E-state index is 0.196. The van der Waals surface area contributed by atoms with Crippen molar-refractivity contribution in [2.45, 2.75) is 6.54 Å². The number of ether oxygens (including phenoxy) is 2. The highest BCUT2D eigenvalue weighted by Crippen LogP contribution is 2.24. The summed E-state index contributed by atoms with van der Waals surface area (Å²) in [4.78, 5) is 16.6. The molecule has 0 unspecified atom stereocenters. The minimum atomic E-state index is -0.196.